The first-order valence-corrected chi connectivity index (χ1v) is 11.7. The van der Waals surface area contributed by atoms with Crippen molar-refractivity contribution >= 4 is 27.8 Å². The maximum atomic E-state index is 13.4. The standard InChI is InChI=1S/C27H31N3O2/c1-3-30(27(31)25-15-20-13-18(2)11-12-24(20)29-25)22-9-6-8-21(16-22)28-17-23-14-19-7-4-5-10-26(19)32-23/h4-5,7,10-15,21-22,28-29H,3,6,8-9,16-17H2,1-2H3/t21-,22+/m1/s1. The minimum atomic E-state index is 0.101. The number of nitrogens with zero attached hydrogens (tertiary/aromatic N) is 1. The summed E-state index contributed by atoms with van der Waals surface area (Å²) in [5.74, 6) is 1.06. The van der Waals surface area contributed by atoms with Crippen LogP contribution in [0, 0.1) is 6.92 Å². The molecule has 5 rings (SSSR count). The Morgan fingerprint density at radius 2 is 2.00 bits per heavy atom. The van der Waals surface area contributed by atoms with Gasteiger partial charge in [0.15, 0.2) is 0 Å². The number of para-hydroxylation sites is 1. The second kappa shape index (κ2) is 8.83. The van der Waals surface area contributed by atoms with E-state index in [2.05, 4.69) is 54.5 Å². The molecular weight excluding hydrogens is 398 g/mol. The van der Waals surface area contributed by atoms with E-state index in [9.17, 15) is 4.79 Å². The van der Waals surface area contributed by atoms with Crippen LogP contribution in [0.25, 0.3) is 21.9 Å². The predicted molar refractivity (Wildman–Crippen MR) is 129 cm³/mol. The van der Waals surface area contributed by atoms with E-state index in [1.165, 1.54) is 5.56 Å². The fraction of sp³-hybridized carbons (Fsp3) is 0.370. The van der Waals surface area contributed by atoms with E-state index in [1.807, 2.05) is 29.2 Å². The van der Waals surface area contributed by atoms with Gasteiger partial charge in [-0.25, -0.2) is 0 Å². The van der Waals surface area contributed by atoms with Gasteiger partial charge in [-0.15, -0.1) is 0 Å². The molecule has 0 unspecified atom stereocenters. The van der Waals surface area contributed by atoms with E-state index in [1.54, 1.807) is 0 Å². The number of aromatic nitrogens is 1. The van der Waals surface area contributed by atoms with Gasteiger partial charge in [0.25, 0.3) is 5.91 Å². The number of rotatable bonds is 6. The zero-order valence-corrected chi connectivity index (χ0v) is 18.9. The van der Waals surface area contributed by atoms with Gasteiger partial charge in [0, 0.05) is 34.9 Å². The normalized spacial score (nSPS) is 18.9. The zero-order valence-electron chi connectivity index (χ0n) is 18.9. The lowest BCUT2D eigenvalue weighted by atomic mass is 9.89. The maximum absolute atomic E-state index is 13.4. The smallest absolute Gasteiger partial charge is 0.270 e. The molecule has 1 amide bonds. The number of aryl methyl sites for hydroxylation is 1. The van der Waals surface area contributed by atoms with Crippen molar-refractivity contribution in [3.05, 3.63) is 71.6 Å². The van der Waals surface area contributed by atoms with Gasteiger partial charge in [0.1, 0.15) is 17.0 Å². The number of aromatic amines is 1. The molecule has 1 saturated carbocycles. The van der Waals surface area contributed by atoms with Crippen LogP contribution < -0.4 is 5.32 Å². The Kier molecular flexibility index (Phi) is 5.75. The second-order valence-electron chi connectivity index (χ2n) is 9.01. The third-order valence-corrected chi connectivity index (χ3v) is 6.74. The molecule has 0 aliphatic heterocycles. The van der Waals surface area contributed by atoms with Crippen LogP contribution in [-0.4, -0.2) is 34.4 Å². The van der Waals surface area contributed by atoms with Gasteiger partial charge in [0.2, 0.25) is 0 Å². The van der Waals surface area contributed by atoms with E-state index in [0.717, 1.165) is 53.3 Å². The summed E-state index contributed by atoms with van der Waals surface area (Å²) in [7, 11) is 0. The predicted octanol–water partition coefficient (Wildman–Crippen LogP) is 5.79. The number of carbonyl (C=O) groups excluding carboxylic acids is 1. The van der Waals surface area contributed by atoms with Crippen molar-refractivity contribution in [2.45, 2.75) is 58.2 Å². The minimum Gasteiger partial charge on any atom is -0.460 e. The van der Waals surface area contributed by atoms with Gasteiger partial charge in [-0.1, -0.05) is 29.8 Å². The molecule has 1 aliphatic carbocycles. The molecular formula is C27H31N3O2. The zero-order chi connectivity index (χ0) is 22.1. The molecule has 0 saturated heterocycles. The Labute approximate surface area is 188 Å². The highest BCUT2D eigenvalue weighted by Crippen LogP contribution is 2.26. The molecule has 0 spiro atoms. The van der Waals surface area contributed by atoms with E-state index in [0.29, 0.717) is 24.8 Å². The van der Waals surface area contributed by atoms with E-state index in [4.69, 9.17) is 4.42 Å². The van der Waals surface area contributed by atoms with Crippen LogP contribution in [0.15, 0.2) is 59.0 Å². The molecule has 5 nitrogen and oxygen atoms in total. The number of hydrogen-bond acceptors (Lipinski definition) is 3. The van der Waals surface area contributed by atoms with Crippen molar-refractivity contribution in [2.24, 2.45) is 0 Å². The van der Waals surface area contributed by atoms with Gasteiger partial charge >= 0.3 is 0 Å². The summed E-state index contributed by atoms with van der Waals surface area (Å²) < 4.78 is 5.96. The Balaban J connectivity index is 1.25. The highest BCUT2D eigenvalue weighted by Gasteiger charge is 2.30. The van der Waals surface area contributed by atoms with Crippen molar-refractivity contribution in [3.63, 3.8) is 0 Å². The number of fused-ring (bicyclic) bond motifs is 2. The summed E-state index contributed by atoms with van der Waals surface area (Å²) in [6.07, 6.45) is 4.28. The third kappa shape index (κ3) is 4.17. The molecule has 2 N–H and O–H groups in total. The maximum Gasteiger partial charge on any atom is 0.270 e. The number of amides is 1. The van der Waals surface area contributed by atoms with Gasteiger partial charge in [-0.2, -0.15) is 0 Å². The first kappa shape index (κ1) is 20.8. The minimum absolute atomic E-state index is 0.101. The molecule has 2 aromatic carbocycles. The number of nitrogens with one attached hydrogen (secondary N) is 2. The van der Waals surface area contributed by atoms with Crippen molar-refractivity contribution in [1.29, 1.82) is 0 Å². The molecule has 2 atom stereocenters. The summed E-state index contributed by atoms with van der Waals surface area (Å²) in [6.45, 7) is 5.59. The summed E-state index contributed by atoms with van der Waals surface area (Å²) in [5.41, 5.74) is 3.84. The lowest BCUT2D eigenvalue weighted by Gasteiger charge is -2.37. The fourth-order valence-corrected chi connectivity index (χ4v) is 5.09. The van der Waals surface area contributed by atoms with Crippen molar-refractivity contribution < 1.29 is 9.21 Å². The Morgan fingerprint density at radius 1 is 1.12 bits per heavy atom. The molecule has 0 bridgehead atoms. The van der Waals surface area contributed by atoms with Crippen LogP contribution in [0.3, 0.4) is 0 Å². The molecule has 1 fully saturated rings. The Morgan fingerprint density at radius 3 is 2.84 bits per heavy atom. The van der Waals surface area contributed by atoms with Crippen molar-refractivity contribution in [3.8, 4) is 0 Å². The van der Waals surface area contributed by atoms with E-state index in [-0.39, 0.29) is 11.9 Å². The summed E-state index contributed by atoms with van der Waals surface area (Å²) in [6, 6.07) is 19.1. The molecule has 4 aromatic rings. The van der Waals surface area contributed by atoms with E-state index < -0.39 is 0 Å². The lowest BCUT2D eigenvalue weighted by molar-refractivity contribution is 0.0622. The van der Waals surface area contributed by atoms with Crippen LogP contribution in [0.4, 0.5) is 0 Å². The third-order valence-electron chi connectivity index (χ3n) is 6.74. The SMILES string of the molecule is CCN(C(=O)c1cc2cc(C)ccc2[nH]1)[C@H]1CCC[C@@H](NCc2cc3ccccc3o2)C1. The Hall–Kier alpha value is -3.05. The quantitative estimate of drug-likeness (QED) is 0.408. The van der Waals surface area contributed by atoms with Crippen LogP contribution >= 0.6 is 0 Å². The number of benzene rings is 2. The van der Waals surface area contributed by atoms with Crippen molar-refractivity contribution in [2.75, 3.05) is 6.54 Å². The van der Waals surface area contributed by atoms with E-state index >= 15 is 0 Å². The lowest BCUT2D eigenvalue weighted by Crippen LogP contribution is -2.46. The van der Waals surface area contributed by atoms with Crippen molar-refractivity contribution in [1.82, 2.24) is 15.2 Å². The Bertz CT molecular complexity index is 1210. The highest BCUT2D eigenvalue weighted by molar-refractivity contribution is 5.98. The molecule has 2 heterocycles. The molecule has 5 heteroatoms. The molecule has 0 radical (unpaired) electrons. The number of furan rings is 1. The molecule has 1 aliphatic rings. The summed E-state index contributed by atoms with van der Waals surface area (Å²) in [5, 5.41) is 5.91. The van der Waals surface area contributed by atoms with Gasteiger partial charge < -0.3 is 19.6 Å². The number of H-pyrrole nitrogens is 1. The first-order valence-electron chi connectivity index (χ1n) is 11.7. The first-order chi connectivity index (χ1) is 15.6. The van der Waals surface area contributed by atoms with Crippen LogP contribution in [0.5, 0.6) is 0 Å². The average Bonchev–Trinajstić information content (AvgIpc) is 3.42. The van der Waals surface area contributed by atoms with Gasteiger partial charge in [-0.3, -0.25) is 4.79 Å². The summed E-state index contributed by atoms with van der Waals surface area (Å²) >= 11 is 0. The number of carbonyl (C=O) groups is 1. The highest BCUT2D eigenvalue weighted by atomic mass is 16.3. The van der Waals surface area contributed by atoms with Crippen LogP contribution in [-0.2, 0) is 6.54 Å². The van der Waals surface area contributed by atoms with Gasteiger partial charge in [-0.05, 0) is 69.9 Å². The van der Waals surface area contributed by atoms with Crippen LogP contribution in [0.2, 0.25) is 0 Å². The van der Waals surface area contributed by atoms with Crippen LogP contribution in [0.1, 0.15) is 54.4 Å². The largest absolute Gasteiger partial charge is 0.460 e. The molecule has 166 valence electrons. The topological polar surface area (TPSA) is 61.3 Å². The fourth-order valence-electron chi connectivity index (χ4n) is 5.09. The molecule has 2 aromatic heterocycles. The monoisotopic (exact) mass is 429 g/mol. The molecule has 32 heavy (non-hydrogen) atoms. The summed E-state index contributed by atoms with van der Waals surface area (Å²) in [4.78, 5) is 18.8. The number of hydrogen-bond donors (Lipinski definition) is 2. The second-order valence-corrected chi connectivity index (χ2v) is 9.01. The average molecular weight is 430 g/mol. The van der Waals surface area contributed by atoms with Gasteiger partial charge in [0.05, 0.1) is 6.54 Å².